The number of fused-ring (bicyclic) bond motifs is 1. The van der Waals surface area contributed by atoms with Gasteiger partial charge in [-0.05, 0) is 49.9 Å². The maximum Gasteiger partial charge on any atom is 0.136 e. The largest absolute Gasteiger partial charge is 0.330 e. The number of rotatable bonds is 3. The van der Waals surface area contributed by atoms with Crippen LogP contribution in [-0.2, 0) is 12.8 Å². The zero-order valence-corrected chi connectivity index (χ0v) is 12.0. The summed E-state index contributed by atoms with van der Waals surface area (Å²) < 4.78 is 0. The highest BCUT2D eigenvalue weighted by Crippen LogP contribution is 2.35. The molecular formula is C17H21N3. The summed E-state index contributed by atoms with van der Waals surface area (Å²) in [4.78, 5) is 9.44. The minimum atomic E-state index is 0.344. The summed E-state index contributed by atoms with van der Waals surface area (Å²) in [6.45, 7) is 2.68. The van der Waals surface area contributed by atoms with Gasteiger partial charge in [0.25, 0.3) is 0 Å². The Morgan fingerprint density at radius 1 is 1.25 bits per heavy atom. The molecule has 0 saturated heterocycles. The molecule has 1 aliphatic rings. The molecule has 20 heavy (non-hydrogen) atoms. The predicted octanol–water partition coefficient (Wildman–Crippen LogP) is 2.75. The van der Waals surface area contributed by atoms with Crippen molar-refractivity contribution < 1.29 is 0 Å². The quantitative estimate of drug-likeness (QED) is 0.930. The highest BCUT2D eigenvalue weighted by atomic mass is 14.9. The van der Waals surface area contributed by atoms with E-state index >= 15 is 0 Å². The van der Waals surface area contributed by atoms with Crippen LogP contribution in [0.25, 0.3) is 0 Å². The van der Waals surface area contributed by atoms with Crippen LogP contribution in [0.5, 0.6) is 0 Å². The van der Waals surface area contributed by atoms with Crippen molar-refractivity contribution in [2.24, 2.45) is 5.73 Å². The fourth-order valence-electron chi connectivity index (χ4n) is 3.11. The maximum absolute atomic E-state index is 5.66. The monoisotopic (exact) mass is 267 g/mol. The van der Waals surface area contributed by atoms with Gasteiger partial charge in [0.05, 0.1) is 0 Å². The normalized spacial score (nSPS) is 17.8. The van der Waals surface area contributed by atoms with Gasteiger partial charge in [0.15, 0.2) is 0 Å². The molecule has 2 aromatic rings. The molecule has 3 heteroatoms. The first kappa shape index (κ1) is 13.3. The van der Waals surface area contributed by atoms with Crippen LogP contribution in [0.2, 0.25) is 0 Å². The maximum atomic E-state index is 5.66. The fourth-order valence-corrected chi connectivity index (χ4v) is 3.11. The van der Waals surface area contributed by atoms with Crippen molar-refractivity contribution in [2.45, 2.75) is 38.5 Å². The number of nitrogens with two attached hydrogens (primary N) is 1. The summed E-state index contributed by atoms with van der Waals surface area (Å²) in [5.41, 5.74) is 10.6. The summed E-state index contributed by atoms with van der Waals surface area (Å²) in [6, 6.07) is 10.8. The van der Waals surface area contributed by atoms with Crippen molar-refractivity contribution in [3.05, 3.63) is 58.7 Å². The zero-order chi connectivity index (χ0) is 13.9. The van der Waals surface area contributed by atoms with Crippen LogP contribution in [0.15, 0.2) is 30.3 Å². The van der Waals surface area contributed by atoms with Crippen LogP contribution in [0.4, 0.5) is 0 Å². The summed E-state index contributed by atoms with van der Waals surface area (Å²) in [5, 5.41) is 0. The molecule has 1 aromatic carbocycles. The Balaban J connectivity index is 2.01. The molecule has 1 aromatic heterocycles. The fraction of sp³-hybridized carbons (Fsp3) is 0.412. The second-order valence-electron chi connectivity index (χ2n) is 5.54. The van der Waals surface area contributed by atoms with Gasteiger partial charge in [-0.3, -0.25) is 0 Å². The van der Waals surface area contributed by atoms with Crippen LogP contribution in [0.1, 0.15) is 47.1 Å². The first-order chi connectivity index (χ1) is 9.78. The lowest BCUT2D eigenvalue weighted by Gasteiger charge is -2.24. The van der Waals surface area contributed by atoms with Gasteiger partial charge in [-0.25, -0.2) is 9.97 Å². The molecule has 3 rings (SSSR count). The van der Waals surface area contributed by atoms with E-state index in [9.17, 15) is 0 Å². The molecule has 0 bridgehead atoms. The Morgan fingerprint density at radius 2 is 2.10 bits per heavy atom. The molecule has 0 fully saturated rings. The van der Waals surface area contributed by atoms with Crippen molar-refractivity contribution in [1.82, 2.24) is 9.97 Å². The van der Waals surface area contributed by atoms with E-state index in [1.807, 2.05) is 13.0 Å². The zero-order valence-electron chi connectivity index (χ0n) is 12.0. The standard InChI is InChI=1S/C17H21N3/c1-12-11-14(9-10-18)20-17(19-12)16-8-4-6-13-5-2-3-7-15(13)16/h2-3,5,7,11,16H,4,6,8-10,18H2,1H3. The van der Waals surface area contributed by atoms with Crippen LogP contribution in [0.3, 0.4) is 0 Å². The number of benzene rings is 1. The average Bonchev–Trinajstić information content (AvgIpc) is 2.46. The summed E-state index contributed by atoms with van der Waals surface area (Å²) in [6.07, 6.45) is 4.35. The van der Waals surface area contributed by atoms with Crippen LogP contribution >= 0.6 is 0 Å². The van der Waals surface area contributed by atoms with E-state index in [-0.39, 0.29) is 0 Å². The van der Waals surface area contributed by atoms with Crippen molar-refractivity contribution >= 4 is 0 Å². The minimum absolute atomic E-state index is 0.344. The van der Waals surface area contributed by atoms with Gasteiger partial charge in [0.2, 0.25) is 0 Å². The highest BCUT2D eigenvalue weighted by molar-refractivity contribution is 5.36. The molecular weight excluding hydrogens is 246 g/mol. The first-order valence-electron chi connectivity index (χ1n) is 7.40. The van der Waals surface area contributed by atoms with Crippen molar-refractivity contribution in [1.29, 1.82) is 0 Å². The summed E-state index contributed by atoms with van der Waals surface area (Å²) >= 11 is 0. The number of aromatic nitrogens is 2. The summed E-state index contributed by atoms with van der Waals surface area (Å²) in [5.74, 6) is 1.32. The second kappa shape index (κ2) is 5.71. The van der Waals surface area contributed by atoms with Crippen molar-refractivity contribution in [3.8, 4) is 0 Å². The number of nitrogens with zero attached hydrogens (tertiary/aromatic N) is 2. The Kier molecular flexibility index (Phi) is 3.79. The third-order valence-corrected chi connectivity index (χ3v) is 4.01. The Morgan fingerprint density at radius 3 is 2.95 bits per heavy atom. The van der Waals surface area contributed by atoms with E-state index < -0.39 is 0 Å². The lowest BCUT2D eigenvalue weighted by Crippen LogP contribution is -2.16. The third kappa shape index (κ3) is 2.59. The molecule has 3 nitrogen and oxygen atoms in total. The van der Waals surface area contributed by atoms with Gasteiger partial charge < -0.3 is 5.73 Å². The molecule has 1 unspecified atom stereocenters. The number of hydrogen-bond donors (Lipinski definition) is 1. The summed E-state index contributed by atoms with van der Waals surface area (Å²) in [7, 11) is 0. The van der Waals surface area contributed by atoms with E-state index in [2.05, 4.69) is 29.2 Å². The van der Waals surface area contributed by atoms with E-state index in [0.717, 1.165) is 30.1 Å². The van der Waals surface area contributed by atoms with Crippen LogP contribution in [0, 0.1) is 6.92 Å². The second-order valence-corrected chi connectivity index (χ2v) is 5.54. The first-order valence-corrected chi connectivity index (χ1v) is 7.40. The lowest BCUT2D eigenvalue weighted by molar-refractivity contribution is 0.585. The molecule has 1 atom stereocenters. The van der Waals surface area contributed by atoms with E-state index in [1.54, 1.807) is 0 Å². The Bertz CT molecular complexity index is 607. The molecule has 2 N–H and O–H groups in total. The topological polar surface area (TPSA) is 51.8 Å². The van der Waals surface area contributed by atoms with Gasteiger partial charge in [-0.15, -0.1) is 0 Å². The van der Waals surface area contributed by atoms with Gasteiger partial charge >= 0.3 is 0 Å². The lowest BCUT2D eigenvalue weighted by atomic mass is 9.82. The van der Waals surface area contributed by atoms with Gasteiger partial charge in [0, 0.05) is 23.7 Å². The van der Waals surface area contributed by atoms with Crippen molar-refractivity contribution in [3.63, 3.8) is 0 Å². The van der Waals surface area contributed by atoms with Crippen molar-refractivity contribution in [2.75, 3.05) is 6.54 Å². The van der Waals surface area contributed by atoms with Gasteiger partial charge in [-0.2, -0.15) is 0 Å². The SMILES string of the molecule is Cc1cc(CCN)nc(C2CCCc3ccccc32)n1. The number of hydrogen-bond acceptors (Lipinski definition) is 3. The number of aryl methyl sites for hydroxylation is 2. The molecule has 1 heterocycles. The van der Waals surface area contributed by atoms with E-state index in [4.69, 9.17) is 10.7 Å². The average molecular weight is 267 g/mol. The molecule has 0 radical (unpaired) electrons. The predicted molar refractivity (Wildman–Crippen MR) is 80.8 cm³/mol. The molecule has 1 aliphatic carbocycles. The van der Waals surface area contributed by atoms with Gasteiger partial charge in [-0.1, -0.05) is 24.3 Å². The smallest absolute Gasteiger partial charge is 0.136 e. The molecule has 0 saturated carbocycles. The van der Waals surface area contributed by atoms with E-state index in [1.165, 1.54) is 24.0 Å². The molecule has 104 valence electrons. The van der Waals surface area contributed by atoms with Crippen LogP contribution in [-0.4, -0.2) is 16.5 Å². The molecule has 0 aliphatic heterocycles. The van der Waals surface area contributed by atoms with E-state index in [0.29, 0.717) is 12.5 Å². The Hall–Kier alpha value is -1.74. The minimum Gasteiger partial charge on any atom is -0.330 e. The molecule has 0 spiro atoms. The molecule has 0 amide bonds. The van der Waals surface area contributed by atoms with Crippen LogP contribution < -0.4 is 5.73 Å². The highest BCUT2D eigenvalue weighted by Gasteiger charge is 2.24. The Labute approximate surface area is 120 Å². The third-order valence-electron chi connectivity index (χ3n) is 4.01. The van der Waals surface area contributed by atoms with Gasteiger partial charge in [0.1, 0.15) is 5.82 Å².